The van der Waals surface area contributed by atoms with Crippen molar-refractivity contribution in [3.63, 3.8) is 0 Å². The van der Waals surface area contributed by atoms with E-state index in [0.29, 0.717) is 27.5 Å². The van der Waals surface area contributed by atoms with E-state index in [1.165, 1.54) is 30.3 Å². The fourth-order valence-corrected chi connectivity index (χ4v) is 5.17. The molecule has 0 unspecified atom stereocenters. The maximum atomic E-state index is 12.4. The van der Waals surface area contributed by atoms with E-state index in [2.05, 4.69) is 10.6 Å². The lowest BCUT2D eigenvalue weighted by Crippen LogP contribution is -2.33. The maximum absolute atomic E-state index is 12.4. The normalized spacial score (nSPS) is 11.1. The third kappa shape index (κ3) is 5.90. The number of urea groups is 1. The number of aryl methyl sites for hydroxylation is 1. The van der Waals surface area contributed by atoms with E-state index in [1.54, 1.807) is 25.1 Å². The fraction of sp³-hybridized carbons (Fsp3) is 0.0526. The summed E-state index contributed by atoms with van der Waals surface area (Å²) in [6.45, 7) is 1.72. The van der Waals surface area contributed by atoms with Crippen molar-refractivity contribution in [2.75, 3.05) is 10.6 Å². The Balaban J connectivity index is 1.66. The van der Waals surface area contributed by atoms with Crippen LogP contribution < -0.4 is 15.4 Å². The molecule has 0 saturated carbocycles. The Morgan fingerprint density at radius 2 is 1.65 bits per heavy atom. The van der Waals surface area contributed by atoms with E-state index in [-0.39, 0.29) is 19.5 Å². The lowest BCUT2D eigenvalue weighted by Gasteiger charge is -2.12. The number of rotatable bonds is 5. The van der Waals surface area contributed by atoms with E-state index in [4.69, 9.17) is 34.8 Å². The predicted octanol–water partition coefficient (Wildman–Crippen LogP) is 5.78. The topological polar surface area (TPSA) is 104 Å². The average Bonchev–Trinajstić information content (AvgIpc) is 3.13. The molecule has 0 atom stereocenters. The number of amides is 3. The van der Waals surface area contributed by atoms with Gasteiger partial charge >= 0.3 is 6.03 Å². The molecule has 1 heterocycles. The summed E-state index contributed by atoms with van der Waals surface area (Å²) in [7, 11) is -4.04. The second-order valence-electron chi connectivity index (χ2n) is 6.23. The summed E-state index contributed by atoms with van der Waals surface area (Å²) < 4.78 is 26.5. The average molecular weight is 519 g/mol. The molecule has 3 amide bonds. The Bertz CT molecular complexity index is 1280. The molecular formula is C19H14Cl3N3O4S2. The molecule has 0 radical (unpaired) electrons. The Morgan fingerprint density at radius 3 is 2.26 bits per heavy atom. The van der Waals surface area contributed by atoms with Crippen LogP contribution in [0, 0.1) is 6.92 Å². The van der Waals surface area contributed by atoms with Crippen molar-refractivity contribution in [3.8, 4) is 0 Å². The molecule has 0 aliphatic rings. The van der Waals surface area contributed by atoms with Crippen LogP contribution in [0.2, 0.25) is 14.4 Å². The van der Waals surface area contributed by atoms with Gasteiger partial charge in [-0.05, 0) is 61.0 Å². The Morgan fingerprint density at radius 1 is 0.903 bits per heavy atom. The summed E-state index contributed by atoms with van der Waals surface area (Å²) in [5, 5.41) is 5.78. The van der Waals surface area contributed by atoms with Gasteiger partial charge in [-0.3, -0.25) is 4.79 Å². The largest absolute Gasteiger partial charge is 0.333 e. The lowest BCUT2D eigenvalue weighted by atomic mass is 10.1. The van der Waals surface area contributed by atoms with Gasteiger partial charge in [-0.1, -0.05) is 34.8 Å². The maximum Gasteiger partial charge on any atom is 0.333 e. The molecule has 7 nitrogen and oxygen atoms in total. The number of carbonyl (C=O) groups excluding carboxylic acids is 2. The summed E-state index contributed by atoms with van der Waals surface area (Å²) >= 11 is 18.4. The second-order valence-corrected chi connectivity index (χ2v) is 10.7. The molecule has 0 spiro atoms. The van der Waals surface area contributed by atoms with Crippen LogP contribution in [0.1, 0.15) is 15.9 Å². The summed E-state index contributed by atoms with van der Waals surface area (Å²) in [5.41, 5.74) is 1.80. The predicted molar refractivity (Wildman–Crippen MR) is 124 cm³/mol. The molecule has 2 aromatic carbocycles. The standard InChI is InChI=1S/C19H14Cl3N3O4S2/c1-10-8-12(23-19(27)25-31(28,29)17-7-6-16(22)30-17)3-5-15(10)24-18(26)11-2-4-13(20)14(21)9-11/h2-9H,1H3,(H,24,26)(H2,23,25,27). The molecule has 3 rings (SSSR count). The van der Waals surface area contributed by atoms with Crippen LogP contribution in [-0.4, -0.2) is 20.4 Å². The SMILES string of the molecule is Cc1cc(NC(=O)NS(=O)(=O)c2ccc(Cl)s2)ccc1NC(=O)c1ccc(Cl)c(Cl)c1. The number of benzene rings is 2. The first-order valence-electron chi connectivity index (χ1n) is 8.51. The van der Waals surface area contributed by atoms with Gasteiger partial charge in [-0.15, -0.1) is 11.3 Å². The molecule has 12 heteroatoms. The van der Waals surface area contributed by atoms with Crippen molar-refractivity contribution in [1.82, 2.24) is 4.72 Å². The van der Waals surface area contributed by atoms with Gasteiger partial charge in [-0.25, -0.2) is 17.9 Å². The van der Waals surface area contributed by atoms with Crippen LogP contribution >= 0.6 is 46.1 Å². The van der Waals surface area contributed by atoms with Crippen LogP contribution in [0.4, 0.5) is 16.2 Å². The quantitative estimate of drug-likeness (QED) is 0.398. The lowest BCUT2D eigenvalue weighted by molar-refractivity contribution is 0.102. The molecule has 162 valence electrons. The van der Waals surface area contributed by atoms with Crippen LogP contribution in [0.5, 0.6) is 0 Å². The zero-order valence-electron chi connectivity index (χ0n) is 15.7. The van der Waals surface area contributed by atoms with Gasteiger partial charge in [0, 0.05) is 16.9 Å². The highest BCUT2D eigenvalue weighted by Crippen LogP contribution is 2.26. The van der Waals surface area contributed by atoms with Gasteiger partial charge in [0.25, 0.3) is 15.9 Å². The number of anilines is 2. The van der Waals surface area contributed by atoms with E-state index in [9.17, 15) is 18.0 Å². The molecular weight excluding hydrogens is 505 g/mol. The molecule has 0 aliphatic carbocycles. The minimum Gasteiger partial charge on any atom is -0.322 e. The number of nitrogens with one attached hydrogen (secondary N) is 3. The number of thiophene rings is 1. The van der Waals surface area contributed by atoms with Crippen molar-refractivity contribution < 1.29 is 18.0 Å². The van der Waals surface area contributed by atoms with Gasteiger partial charge in [0.15, 0.2) is 0 Å². The van der Waals surface area contributed by atoms with E-state index in [0.717, 1.165) is 11.3 Å². The van der Waals surface area contributed by atoms with Crippen LogP contribution in [0.15, 0.2) is 52.7 Å². The highest BCUT2D eigenvalue weighted by molar-refractivity contribution is 7.92. The monoisotopic (exact) mass is 517 g/mol. The fourth-order valence-electron chi connectivity index (χ4n) is 2.48. The Hall–Kier alpha value is -2.30. The van der Waals surface area contributed by atoms with Crippen LogP contribution in [0.3, 0.4) is 0 Å². The van der Waals surface area contributed by atoms with Gasteiger partial charge in [0.2, 0.25) is 0 Å². The molecule has 0 bridgehead atoms. The van der Waals surface area contributed by atoms with Crippen molar-refractivity contribution in [2.45, 2.75) is 11.1 Å². The van der Waals surface area contributed by atoms with Crippen LogP contribution in [0.25, 0.3) is 0 Å². The summed E-state index contributed by atoms with van der Waals surface area (Å²) in [6, 6.07) is 11.0. The number of hydrogen-bond acceptors (Lipinski definition) is 5. The molecule has 0 saturated heterocycles. The van der Waals surface area contributed by atoms with Crippen molar-refractivity contribution in [2.24, 2.45) is 0 Å². The first kappa shape index (κ1) is 23.4. The van der Waals surface area contributed by atoms with Crippen LogP contribution in [-0.2, 0) is 10.0 Å². The minimum atomic E-state index is -4.04. The number of sulfonamides is 1. The molecule has 31 heavy (non-hydrogen) atoms. The van der Waals surface area contributed by atoms with Gasteiger partial charge in [-0.2, -0.15) is 0 Å². The van der Waals surface area contributed by atoms with Gasteiger partial charge in [0.05, 0.1) is 14.4 Å². The van der Waals surface area contributed by atoms with Crippen molar-refractivity contribution >= 4 is 79.5 Å². The molecule has 3 aromatic rings. The summed E-state index contributed by atoms with van der Waals surface area (Å²) in [4.78, 5) is 24.5. The van der Waals surface area contributed by atoms with Gasteiger partial charge in [0.1, 0.15) is 4.21 Å². The highest BCUT2D eigenvalue weighted by Gasteiger charge is 2.20. The molecule has 0 fully saturated rings. The summed E-state index contributed by atoms with van der Waals surface area (Å²) in [5.74, 6) is -0.388. The molecule has 0 aliphatic heterocycles. The Labute approximate surface area is 197 Å². The Kier molecular flexibility index (Phi) is 7.13. The van der Waals surface area contributed by atoms with E-state index in [1.807, 2.05) is 4.72 Å². The number of carbonyl (C=O) groups is 2. The smallest absolute Gasteiger partial charge is 0.322 e. The molecule has 1 aromatic heterocycles. The highest BCUT2D eigenvalue weighted by atomic mass is 35.5. The van der Waals surface area contributed by atoms with E-state index < -0.39 is 16.1 Å². The van der Waals surface area contributed by atoms with Gasteiger partial charge < -0.3 is 10.6 Å². The summed E-state index contributed by atoms with van der Waals surface area (Å²) in [6.07, 6.45) is 0. The van der Waals surface area contributed by atoms with Crippen molar-refractivity contribution in [1.29, 1.82) is 0 Å². The first-order chi connectivity index (χ1) is 14.5. The number of hydrogen-bond donors (Lipinski definition) is 3. The zero-order valence-corrected chi connectivity index (χ0v) is 19.6. The number of halogens is 3. The molecule has 3 N–H and O–H groups in total. The first-order valence-corrected chi connectivity index (χ1v) is 11.9. The third-order valence-corrected chi connectivity index (χ3v) is 7.75. The third-order valence-electron chi connectivity index (χ3n) is 3.95. The van der Waals surface area contributed by atoms with E-state index >= 15 is 0 Å². The minimum absolute atomic E-state index is 0.0795. The second kappa shape index (κ2) is 9.46. The van der Waals surface area contributed by atoms with Crippen molar-refractivity contribution in [3.05, 3.63) is 74.0 Å². The zero-order chi connectivity index (χ0) is 22.8.